The molecule has 0 radical (unpaired) electrons. The minimum atomic E-state index is 0.103. The van der Waals surface area contributed by atoms with Crippen molar-refractivity contribution in [3.8, 4) is 0 Å². The first kappa shape index (κ1) is 17.2. The zero-order valence-corrected chi connectivity index (χ0v) is 15.4. The summed E-state index contributed by atoms with van der Waals surface area (Å²) in [6, 6.07) is 4.04. The van der Waals surface area contributed by atoms with Crippen LogP contribution in [-0.2, 0) is 6.54 Å². The summed E-state index contributed by atoms with van der Waals surface area (Å²) in [5, 5.41) is 0. The number of likely N-dealkylation sites (tertiary alicyclic amines) is 1. The van der Waals surface area contributed by atoms with E-state index >= 15 is 0 Å². The van der Waals surface area contributed by atoms with E-state index in [1.807, 2.05) is 23.2 Å². The van der Waals surface area contributed by atoms with Gasteiger partial charge in [0.2, 0.25) is 0 Å². The van der Waals surface area contributed by atoms with Crippen LogP contribution in [0.25, 0.3) is 0 Å². The lowest BCUT2D eigenvalue weighted by atomic mass is 9.87. The molecule has 1 saturated heterocycles. The third-order valence-corrected chi connectivity index (χ3v) is 5.84. The minimum absolute atomic E-state index is 0.103. The molecule has 2 aliphatic heterocycles. The summed E-state index contributed by atoms with van der Waals surface area (Å²) < 4.78 is 2.33. The highest BCUT2D eigenvalue weighted by Crippen LogP contribution is 2.36. The Kier molecular flexibility index (Phi) is 5.02. The highest BCUT2D eigenvalue weighted by Gasteiger charge is 2.36. The number of nitrogens with zero attached hydrogens (tertiary/aromatic N) is 5. The lowest BCUT2D eigenvalue weighted by Crippen LogP contribution is -2.43. The Hall–Kier alpha value is -2.21. The number of aromatic nitrogens is 3. The van der Waals surface area contributed by atoms with Crippen LogP contribution >= 0.6 is 0 Å². The molecule has 2 aromatic rings. The van der Waals surface area contributed by atoms with Crippen LogP contribution < -0.4 is 0 Å². The number of carbonyl (C=O) groups is 1. The number of imidazole rings is 1. The molecule has 0 bridgehead atoms. The Bertz CT molecular complexity index is 736. The molecule has 0 aliphatic carbocycles. The topological polar surface area (TPSA) is 54.3 Å². The molecule has 0 aromatic carbocycles. The molecule has 2 aliphatic rings. The zero-order valence-electron chi connectivity index (χ0n) is 15.4. The van der Waals surface area contributed by atoms with E-state index < -0.39 is 0 Å². The quantitative estimate of drug-likeness (QED) is 0.851. The van der Waals surface area contributed by atoms with E-state index in [2.05, 4.69) is 27.6 Å². The SMILES string of the molecule is CCN1CCCn2ccnc2C1C1CCN(C(=O)c2cccnc2)CC1. The molecule has 0 saturated carbocycles. The van der Waals surface area contributed by atoms with E-state index in [-0.39, 0.29) is 5.91 Å². The van der Waals surface area contributed by atoms with Crippen molar-refractivity contribution in [2.24, 2.45) is 5.92 Å². The van der Waals surface area contributed by atoms with E-state index in [1.54, 1.807) is 12.4 Å². The second kappa shape index (κ2) is 7.58. The number of amides is 1. The van der Waals surface area contributed by atoms with Crippen molar-refractivity contribution in [1.82, 2.24) is 24.3 Å². The maximum absolute atomic E-state index is 12.7. The van der Waals surface area contributed by atoms with Crippen LogP contribution in [0.1, 0.15) is 48.4 Å². The molecule has 26 heavy (non-hydrogen) atoms. The Balaban J connectivity index is 1.48. The maximum atomic E-state index is 12.7. The van der Waals surface area contributed by atoms with Gasteiger partial charge >= 0.3 is 0 Å². The molecule has 0 spiro atoms. The van der Waals surface area contributed by atoms with Crippen molar-refractivity contribution in [2.75, 3.05) is 26.2 Å². The van der Waals surface area contributed by atoms with Crippen molar-refractivity contribution in [2.45, 2.75) is 38.8 Å². The molecule has 1 amide bonds. The number of aryl methyl sites for hydroxylation is 1. The van der Waals surface area contributed by atoms with Gasteiger partial charge < -0.3 is 9.47 Å². The second-order valence-electron chi connectivity index (χ2n) is 7.28. The van der Waals surface area contributed by atoms with E-state index in [9.17, 15) is 4.79 Å². The maximum Gasteiger partial charge on any atom is 0.255 e. The average Bonchev–Trinajstić information content (AvgIpc) is 3.08. The van der Waals surface area contributed by atoms with Crippen LogP contribution in [0.3, 0.4) is 0 Å². The van der Waals surface area contributed by atoms with Gasteiger partial charge in [-0.1, -0.05) is 6.92 Å². The number of fused-ring (bicyclic) bond motifs is 1. The van der Waals surface area contributed by atoms with Gasteiger partial charge in [0.25, 0.3) is 5.91 Å². The first-order chi connectivity index (χ1) is 12.8. The molecular formula is C20H27N5O. The highest BCUT2D eigenvalue weighted by molar-refractivity contribution is 5.93. The summed E-state index contributed by atoms with van der Waals surface area (Å²) in [6.07, 6.45) is 10.6. The fourth-order valence-electron chi connectivity index (χ4n) is 4.48. The Morgan fingerprint density at radius 3 is 2.77 bits per heavy atom. The van der Waals surface area contributed by atoms with E-state index in [1.165, 1.54) is 12.2 Å². The molecule has 4 heterocycles. The lowest BCUT2D eigenvalue weighted by Gasteiger charge is -2.39. The average molecular weight is 353 g/mol. The Labute approximate surface area is 154 Å². The summed E-state index contributed by atoms with van der Waals surface area (Å²) in [5.74, 6) is 1.86. The molecule has 1 fully saturated rings. The molecule has 6 nitrogen and oxygen atoms in total. The smallest absolute Gasteiger partial charge is 0.255 e. The largest absolute Gasteiger partial charge is 0.339 e. The second-order valence-corrected chi connectivity index (χ2v) is 7.28. The monoisotopic (exact) mass is 353 g/mol. The normalized spacial score (nSPS) is 22.0. The highest BCUT2D eigenvalue weighted by atomic mass is 16.2. The summed E-state index contributed by atoms with van der Waals surface area (Å²) >= 11 is 0. The molecule has 4 rings (SSSR count). The van der Waals surface area contributed by atoms with Crippen molar-refractivity contribution in [3.63, 3.8) is 0 Å². The van der Waals surface area contributed by atoms with E-state index in [4.69, 9.17) is 4.98 Å². The van der Waals surface area contributed by atoms with E-state index in [0.29, 0.717) is 17.5 Å². The zero-order chi connectivity index (χ0) is 17.9. The fourth-order valence-corrected chi connectivity index (χ4v) is 4.48. The Morgan fingerprint density at radius 2 is 2.04 bits per heavy atom. The number of hydrogen-bond acceptors (Lipinski definition) is 4. The van der Waals surface area contributed by atoms with Crippen LogP contribution in [-0.4, -0.2) is 56.4 Å². The van der Waals surface area contributed by atoms with Crippen molar-refractivity contribution >= 4 is 5.91 Å². The summed E-state index contributed by atoms with van der Waals surface area (Å²) in [7, 11) is 0. The molecule has 1 unspecified atom stereocenters. The lowest BCUT2D eigenvalue weighted by molar-refractivity contribution is 0.0579. The van der Waals surface area contributed by atoms with Crippen molar-refractivity contribution in [3.05, 3.63) is 48.3 Å². The van der Waals surface area contributed by atoms with Crippen LogP contribution in [0.4, 0.5) is 0 Å². The van der Waals surface area contributed by atoms with Gasteiger partial charge in [-0.05, 0) is 43.9 Å². The van der Waals surface area contributed by atoms with Gasteiger partial charge in [0.1, 0.15) is 5.82 Å². The van der Waals surface area contributed by atoms with Gasteiger partial charge in [0.15, 0.2) is 0 Å². The molecule has 2 aromatic heterocycles. The van der Waals surface area contributed by atoms with Gasteiger partial charge in [0, 0.05) is 51.0 Å². The third-order valence-electron chi connectivity index (χ3n) is 5.84. The third kappa shape index (κ3) is 3.26. The van der Waals surface area contributed by atoms with Crippen molar-refractivity contribution in [1.29, 1.82) is 0 Å². The predicted molar refractivity (Wildman–Crippen MR) is 99.7 cm³/mol. The predicted octanol–water partition coefficient (Wildman–Crippen LogP) is 2.60. The van der Waals surface area contributed by atoms with Crippen LogP contribution in [0.5, 0.6) is 0 Å². The van der Waals surface area contributed by atoms with Gasteiger partial charge in [-0.15, -0.1) is 0 Å². The number of hydrogen-bond donors (Lipinski definition) is 0. The van der Waals surface area contributed by atoms with Crippen LogP contribution in [0.15, 0.2) is 36.9 Å². The van der Waals surface area contributed by atoms with Crippen LogP contribution in [0.2, 0.25) is 0 Å². The summed E-state index contributed by atoms with van der Waals surface area (Å²) in [6.45, 7) is 7.10. The molecule has 138 valence electrons. The van der Waals surface area contributed by atoms with Crippen molar-refractivity contribution < 1.29 is 4.79 Å². The molecular weight excluding hydrogens is 326 g/mol. The van der Waals surface area contributed by atoms with Gasteiger partial charge in [-0.3, -0.25) is 14.7 Å². The van der Waals surface area contributed by atoms with E-state index in [0.717, 1.165) is 45.6 Å². The fraction of sp³-hybridized carbons (Fsp3) is 0.550. The minimum Gasteiger partial charge on any atom is -0.339 e. The number of piperidine rings is 1. The van der Waals surface area contributed by atoms with Gasteiger partial charge in [-0.2, -0.15) is 0 Å². The van der Waals surface area contributed by atoms with Crippen LogP contribution in [0, 0.1) is 5.92 Å². The molecule has 6 heteroatoms. The standard InChI is InChI=1S/C20H27N5O/c1-2-23-10-4-11-24-14-9-22-19(24)18(23)16-6-12-25(13-7-16)20(26)17-5-3-8-21-15-17/h3,5,8-9,14-16,18H,2,4,6-7,10-13H2,1H3. The summed E-state index contributed by atoms with van der Waals surface area (Å²) in [5.41, 5.74) is 0.686. The van der Waals surface area contributed by atoms with Gasteiger partial charge in [0.05, 0.1) is 11.6 Å². The van der Waals surface area contributed by atoms with Gasteiger partial charge in [-0.25, -0.2) is 4.98 Å². The molecule has 1 atom stereocenters. The number of pyridine rings is 1. The first-order valence-electron chi connectivity index (χ1n) is 9.72. The first-order valence-corrected chi connectivity index (χ1v) is 9.72. The Morgan fingerprint density at radius 1 is 1.19 bits per heavy atom. The summed E-state index contributed by atoms with van der Waals surface area (Å²) in [4.78, 5) is 26.0. The number of rotatable bonds is 3. The molecule has 0 N–H and O–H groups in total. The number of carbonyl (C=O) groups excluding carboxylic acids is 1.